The lowest BCUT2D eigenvalue weighted by Gasteiger charge is -2.42. The molecule has 5 aliphatic rings. The highest BCUT2D eigenvalue weighted by Crippen LogP contribution is 2.40. The minimum atomic E-state index is -0.430. The SMILES string of the molecule is CCC1(C(=O)NC2CCC2)CCN(c2ccc(-c3nc(-c4cnn(C5CCC(N6CCC(c7ccc(N=C8CCC(=O)NC8=O)cc7Cl)CC6)CC5)c4)cn4ncc(C#N)c34)cn2)CC1. The van der Waals surface area contributed by atoms with Gasteiger partial charge in [0.15, 0.2) is 0 Å². The number of rotatable bonds is 10. The molecule has 15 nitrogen and oxygen atoms in total. The zero-order valence-electron chi connectivity index (χ0n) is 36.9. The zero-order valence-corrected chi connectivity index (χ0v) is 37.6. The molecule has 4 aromatic heterocycles. The predicted octanol–water partition coefficient (Wildman–Crippen LogP) is 7.72. The molecule has 16 heteroatoms. The van der Waals surface area contributed by atoms with E-state index >= 15 is 0 Å². The number of pyridine rings is 1. The molecule has 336 valence electrons. The number of hydrogen-bond donors (Lipinski definition) is 2. The van der Waals surface area contributed by atoms with Crippen molar-refractivity contribution in [2.24, 2.45) is 10.4 Å². The Morgan fingerprint density at radius 3 is 2.38 bits per heavy atom. The number of nitriles is 1. The topological polar surface area (TPSA) is 179 Å². The molecule has 0 bridgehead atoms. The maximum atomic E-state index is 13.3. The third-order valence-corrected chi connectivity index (χ3v) is 15.4. The van der Waals surface area contributed by atoms with Gasteiger partial charge >= 0.3 is 0 Å². The monoisotopic (exact) mass is 894 g/mol. The second kappa shape index (κ2) is 18.1. The summed E-state index contributed by atoms with van der Waals surface area (Å²) in [6, 6.07) is 13.3. The van der Waals surface area contributed by atoms with E-state index in [1.165, 1.54) is 6.42 Å². The van der Waals surface area contributed by atoms with Crippen LogP contribution in [-0.4, -0.2) is 96.0 Å². The van der Waals surface area contributed by atoms with E-state index in [1.807, 2.05) is 48.9 Å². The number of nitrogens with one attached hydrogen (secondary N) is 2. The van der Waals surface area contributed by atoms with Gasteiger partial charge < -0.3 is 15.1 Å². The Labute approximate surface area is 383 Å². The van der Waals surface area contributed by atoms with E-state index in [4.69, 9.17) is 26.7 Å². The summed E-state index contributed by atoms with van der Waals surface area (Å²) in [6.07, 6.45) is 22.0. The van der Waals surface area contributed by atoms with E-state index in [-0.39, 0.29) is 23.7 Å². The number of aromatic nitrogens is 6. The Kier molecular flexibility index (Phi) is 12.0. The lowest BCUT2D eigenvalue weighted by Crippen LogP contribution is -2.52. The van der Waals surface area contributed by atoms with Crippen LogP contribution in [0, 0.1) is 16.7 Å². The van der Waals surface area contributed by atoms with Crippen LogP contribution in [0.25, 0.3) is 28.0 Å². The van der Waals surface area contributed by atoms with Gasteiger partial charge in [0.05, 0.1) is 47.1 Å². The largest absolute Gasteiger partial charge is 0.357 e. The maximum absolute atomic E-state index is 13.3. The van der Waals surface area contributed by atoms with Gasteiger partial charge in [-0.1, -0.05) is 24.6 Å². The first kappa shape index (κ1) is 42.9. The predicted molar refractivity (Wildman–Crippen MR) is 248 cm³/mol. The van der Waals surface area contributed by atoms with Crippen molar-refractivity contribution in [1.29, 1.82) is 5.26 Å². The summed E-state index contributed by atoms with van der Waals surface area (Å²) in [5.41, 5.74) is 5.93. The number of carbonyl (C=O) groups excluding carboxylic acids is 3. The number of nitrogens with zero attached hydrogens (tertiary/aromatic N) is 10. The summed E-state index contributed by atoms with van der Waals surface area (Å²) >= 11 is 6.79. The number of piperidine rings is 3. The average molecular weight is 896 g/mol. The summed E-state index contributed by atoms with van der Waals surface area (Å²) in [7, 11) is 0. The van der Waals surface area contributed by atoms with Crippen molar-refractivity contribution >= 4 is 52.1 Å². The molecule has 0 unspecified atom stereocenters. The molecule has 3 saturated heterocycles. The summed E-state index contributed by atoms with van der Waals surface area (Å²) in [6.45, 7) is 5.71. The van der Waals surface area contributed by atoms with Crippen LogP contribution in [-0.2, 0) is 14.4 Å². The maximum Gasteiger partial charge on any atom is 0.272 e. The van der Waals surface area contributed by atoms with Gasteiger partial charge in [-0.25, -0.2) is 19.5 Å². The summed E-state index contributed by atoms with van der Waals surface area (Å²) in [5, 5.41) is 25.7. The molecular weight excluding hydrogens is 840 g/mol. The van der Waals surface area contributed by atoms with Crippen LogP contribution in [0.15, 0.2) is 66.3 Å². The number of imide groups is 1. The Balaban J connectivity index is 0.763. The zero-order chi connectivity index (χ0) is 44.7. The van der Waals surface area contributed by atoms with Crippen molar-refractivity contribution in [2.75, 3.05) is 31.1 Å². The number of benzene rings is 1. The first-order valence-electron chi connectivity index (χ1n) is 23.5. The van der Waals surface area contributed by atoms with E-state index in [0.29, 0.717) is 63.7 Å². The molecular formula is C49H55ClN12O3. The number of amides is 3. The lowest BCUT2D eigenvalue weighted by molar-refractivity contribution is -0.134. The molecule has 0 atom stereocenters. The van der Waals surface area contributed by atoms with E-state index < -0.39 is 5.91 Å². The molecule has 3 amide bonds. The Morgan fingerprint density at radius 2 is 1.71 bits per heavy atom. The third kappa shape index (κ3) is 8.66. The van der Waals surface area contributed by atoms with Crippen molar-refractivity contribution in [2.45, 2.75) is 121 Å². The molecule has 2 aliphatic carbocycles. The highest BCUT2D eigenvalue weighted by Gasteiger charge is 2.41. The number of likely N-dealkylation sites (tertiary alicyclic amines) is 1. The second-order valence-electron chi connectivity index (χ2n) is 18.7. The van der Waals surface area contributed by atoms with Gasteiger partial charge in [0, 0.05) is 66.6 Å². The molecule has 7 heterocycles. The number of halogens is 1. The molecule has 5 fully saturated rings. The number of hydrogen-bond acceptors (Lipinski definition) is 11. The van der Waals surface area contributed by atoms with Gasteiger partial charge in [-0.2, -0.15) is 15.5 Å². The van der Waals surface area contributed by atoms with Crippen LogP contribution in [0.1, 0.15) is 120 Å². The molecule has 10 rings (SSSR count). The van der Waals surface area contributed by atoms with E-state index in [0.717, 1.165) is 125 Å². The highest BCUT2D eigenvalue weighted by molar-refractivity contribution is 6.43. The van der Waals surface area contributed by atoms with Gasteiger partial charge in [0.2, 0.25) is 11.8 Å². The van der Waals surface area contributed by atoms with Crippen LogP contribution in [0.2, 0.25) is 5.02 Å². The molecule has 1 aromatic carbocycles. The fraction of sp³-hybridized carbons (Fsp3) is 0.490. The second-order valence-corrected chi connectivity index (χ2v) is 19.1. The molecule has 65 heavy (non-hydrogen) atoms. The number of aliphatic imine (C=N–C) groups is 1. The minimum Gasteiger partial charge on any atom is -0.357 e. The standard InChI is InChI=1S/C49H55ClN12O3/c1-2-49(48(65)56-35-4-3-5-35)18-22-60(23-19-49)43-14-6-32(26-52-43)45-46-33(25-51)27-54-62(46)30-42(57-45)34-28-53-61(29-34)38-10-8-37(9-11-38)59-20-16-31(17-21-59)39-12-7-36(24-40(39)50)55-41-13-15-44(63)58-47(41)64/h6-7,12,14,24,26-31,35,37-38H,2-5,8-11,13,15-23H2,1H3,(H,56,65)(H,58,63,64). The van der Waals surface area contributed by atoms with E-state index in [1.54, 1.807) is 10.7 Å². The molecule has 2 N–H and O–H groups in total. The first-order chi connectivity index (χ1) is 31.7. The fourth-order valence-electron chi connectivity index (χ4n) is 10.7. The van der Waals surface area contributed by atoms with Crippen molar-refractivity contribution < 1.29 is 14.4 Å². The van der Waals surface area contributed by atoms with Crippen molar-refractivity contribution in [1.82, 2.24) is 44.9 Å². The van der Waals surface area contributed by atoms with Gasteiger partial charge in [-0.15, -0.1) is 0 Å². The van der Waals surface area contributed by atoms with Crippen LogP contribution in [0.3, 0.4) is 0 Å². The van der Waals surface area contributed by atoms with Gasteiger partial charge in [0.1, 0.15) is 28.7 Å². The summed E-state index contributed by atoms with van der Waals surface area (Å²) in [4.78, 5) is 56.4. The van der Waals surface area contributed by atoms with Crippen LogP contribution in [0.5, 0.6) is 0 Å². The smallest absolute Gasteiger partial charge is 0.272 e. The first-order valence-corrected chi connectivity index (χ1v) is 23.9. The Bertz CT molecular complexity index is 2670. The minimum absolute atomic E-state index is 0.216. The van der Waals surface area contributed by atoms with E-state index in [2.05, 4.69) is 54.4 Å². The van der Waals surface area contributed by atoms with Crippen LogP contribution < -0.4 is 15.5 Å². The quantitative estimate of drug-likeness (QED) is 0.132. The van der Waals surface area contributed by atoms with Crippen molar-refractivity contribution in [3.05, 3.63) is 77.5 Å². The number of carbonyl (C=O) groups is 3. The fourth-order valence-corrected chi connectivity index (χ4v) is 11.0. The Hall–Kier alpha value is -5.98. The van der Waals surface area contributed by atoms with E-state index in [9.17, 15) is 19.6 Å². The lowest BCUT2D eigenvalue weighted by atomic mass is 9.74. The number of fused-ring (bicyclic) bond motifs is 1. The van der Waals surface area contributed by atoms with Gasteiger partial charge in [-0.3, -0.25) is 24.4 Å². The highest BCUT2D eigenvalue weighted by atomic mass is 35.5. The average Bonchev–Trinajstić information content (AvgIpc) is 3.99. The van der Waals surface area contributed by atoms with Crippen molar-refractivity contribution in [3.8, 4) is 28.6 Å². The molecule has 0 spiro atoms. The molecule has 5 aromatic rings. The normalized spacial score (nSPS) is 22.7. The summed E-state index contributed by atoms with van der Waals surface area (Å²) in [5.74, 6) is 0.755. The number of anilines is 1. The van der Waals surface area contributed by atoms with Crippen LogP contribution >= 0.6 is 11.6 Å². The van der Waals surface area contributed by atoms with Crippen molar-refractivity contribution in [3.63, 3.8) is 0 Å². The van der Waals surface area contributed by atoms with Gasteiger partial charge in [-0.05, 0) is 126 Å². The molecule has 0 radical (unpaired) electrons. The molecule has 2 saturated carbocycles. The van der Waals surface area contributed by atoms with Gasteiger partial charge in [0.25, 0.3) is 5.91 Å². The third-order valence-electron chi connectivity index (χ3n) is 15.1. The molecule has 3 aliphatic heterocycles. The summed E-state index contributed by atoms with van der Waals surface area (Å²) < 4.78 is 3.84. The Morgan fingerprint density at radius 1 is 0.923 bits per heavy atom. The van der Waals surface area contributed by atoms with Crippen LogP contribution in [0.4, 0.5) is 11.5 Å².